The first kappa shape index (κ1) is 23.5. The van der Waals surface area contributed by atoms with Crippen LogP contribution in [0.25, 0.3) is 0 Å². The molecule has 0 bridgehead atoms. The Morgan fingerprint density at radius 3 is 2.56 bits per heavy atom. The zero-order chi connectivity index (χ0) is 19.0. The first-order chi connectivity index (χ1) is 12.5. The number of guanidine groups is 1. The molecular formula is C20H33IN4O2. The summed E-state index contributed by atoms with van der Waals surface area (Å²) in [7, 11) is 5.19. The minimum absolute atomic E-state index is 0. The van der Waals surface area contributed by atoms with Gasteiger partial charge in [0.25, 0.3) is 0 Å². The second-order valence-electron chi connectivity index (χ2n) is 7.06. The first-order valence-electron chi connectivity index (χ1n) is 9.37. The normalized spacial score (nSPS) is 15.6. The number of amides is 1. The molecule has 6 nitrogen and oxygen atoms in total. The molecule has 0 saturated heterocycles. The lowest BCUT2D eigenvalue weighted by Gasteiger charge is -2.31. The molecule has 0 heterocycles. The molecule has 152 valence electrons. The number of likely N-dealkylation sites (N-methyl/N-ethyl adjacent to an activating group) is 1. The summed E-state index contributed by atoms with van der Waals surface area (Å²) in [5.41, 5.74) is 1.39. The number of nitrogens with zero attached hydrogens (tertiary/aromatic N) is 2. The Balaban J connectivity index is 0.00000364. The van der Waals surface area contributed by atoms with Gasteiger partial charge in [-0.15, -0.1) is 24.0 Å². The van der Waals surface area contributed by atoms with Crippen molar-refractivity contribution in [3.05, 3.63) is 29.8 Å². The SMILES string of the molecule is CCNC(=NCC(=O)N(C)C)NCC1(c2cccc(OC)c2)CCCC1.I. The number of nitrogens with one attached hydrogen (secondary N) is 2. The van der Waals surface area contributed by atoms with Crippen molar-refractivity contribution in [2.24, 2.45) is 4.99 Å². The highest BCUT2D eigenvalue weighted by Crippen LogP contribution is 2.41. The van der Waals surface area contributed by atoms with Gasteiger partial charge in [0.05, 0.1) is 7.11 Å². The molecular weight excluding hydrogens is 455 g/mol. The van der Waals surface area contributed by atoms with Gasteiger partial charge in [0.15, 0.2) is 5.96 Å². The molecule has 0 unspecified atom stereocenters. The number of hydrogen-bond acceptors (Lipinski definition) is 3. The highest BCUT2D eigenvalue weighted by atomic mass is 127. The van der Waals surface area contributed by atoms with Crippen molar-refractivity contribution in [2.75, 3.05) is 40.8 Å². The zero-order valence-electron chi connectivity index (χ0n) is 16.9. The second kappa shape index (κ2) is 11.4. The van der Waals surface area contributed by atoms with Gasteiger partial charge in [-0.3, -0.25) is 4.79 Å². The van der Waals surface area contributed by atoms with Crippen molar-refractivity contribution >= 4 is 35.8 Å². The van der Waals surface area contributed by atoms with Crippen molar-refractivity contribution in [2.45, 2.75) is 38.0 Å². The van der Waals surface area contributed by atoms with E-state index in [0.29, 0.717) is 5.96 Å². The second-order valence-corrected chi connectivity index (χ2v) is 7.06. The van der Waals surface area contributed by atoms with Crippen molar-refractivity contribution < 1.29 is 9.53 Å². The van der Waals surface area contributed by atoms with E-state index in [9.17, 15) is 4.79 Å². The first-order valence-corrected chi connectivity index (χ1v) is 9.37. The number of halogens is 1. The largest absolute Gasteiger partial charge is 0.497 e. The van der Waals surface area contributed by atoms with E-state index in [-0.39, 0.29) is 41.8 Å². The van der Waals surface area contributed by atoms with Crippen LogP contribution in [0, 0.1) is 0 Å². The summed E-state index contributed by atoms with van der Waals surface area (Å²) in [6.07, 6.45) is 4.74. The molecule has 1 aromatic carbocycles. The van der Waals surface area contributed by atoms with Crippen LogP contribution >= 0.6 is 24.0 Å². The highest BCUT2D eigenvalue weighted by Gasteiger charge is 2.36. The average Bonchev–Trinajstić information content (AvgIpc) is 3.14. The number of hydrogen-bond donors (Lipinski definition) is 2. The van der Waals surface area contributed by atoms with Crippen LogP contribution in [0.1, 0.15) is 38.2 Å². The molecule has 27 heavy (non-hydrogen) atoms. The van der Waals surface area contributed by atoms with E-state index < -0.39 is 0 Å². The molecule has 1 aromatic rings. The summed E-state index contributed by atoms with van der Waals surface area (Å²) >= 11 is 0. The van der Waals surface area contributed by atoms with Crippen LogP contribution in [0.15, 0.2) is 29.3 Å². The van der Waals surface area contributed by atoms with Crippen LogP contribution in [0.4, 0.5) is 0 Å². The van der Waals surface area contributed by atoms with E-state index in [1.54, 1.807) is 26.1 Å². The Morgan fingerprint density at radius 1 is 1.26 bits per heavy atom. The lowest BCUT2D eigenvalue weighted by atomic mass is 9.78. The standard InChI is InChI=1S/C20H32N4O2.HI/c1-5-21-19(22-14-18(25)24(2)3)23-15-20(11-6-7-12-20)16-9-8-10-17(13-16)26-4;/h8-10,13H,5-7,11-12,14-15H2,1-4H3,(H2,21,22,23);1H. The van der Waals surface area contributed by atoms with Gasteiger partial charge in [0, 0.05) is 32.6 Å². The summed E-state index contributed by atoms with van der Waals surface area (Å²) in [6.45, 7) is 3.73. The zero-order valence-corrected chi connectivity index (χ0v) is 19.2. The number of rotatable bonds is 7. The summed E-state index contributed by atoms with van der Waals surface area (Å²) in [5, 5.41) is 6.70. The molecule has 2 N–H and O–H groups in total. The van der Waals surface area contributed by atoms with Crippen molar-refractivity contribution in [3.8, 4) is 5.75 Å². The Labute approximate surface area is 180 Å². The Kier molecular flexibility index (Phi) is 9.90. The van der Waals surface area contributed by atoms with Crippen LogP contribution in [0.3, 0.4) is 0 Å². The number of methoxy groups -OCH3 is 1. The van der Waals surface area contributed by atoms with E-state index >= 15 is 0 Å². The lowest BCUT2D eigenvalue weighted by molar-refractivity contribution is -0.127. The van der Waals surface area contributed by atoms with E-state index in [1.807, 2.05) is 13.0 Å². The molecule has 1 aliphatic rings. The number of ether oxygens (including phenoxy) is 1. The summed E-state index contributed by atoms with van der Waals surface area (Å²) < 4.78 is 5.41. The smallest absolute Gasteiger partial charge is 0.243 e. The molecule has 0 aromatic heterocycles. The van der Waals surface area contributed by atoms with Crippen LogP contribution in [-0.4, -0.2) is 57.6 Å². The maximum Gasteiger partial charge on any atom is 0.243 e. The fraction of sp³-hybridized carbons (Fsp3) is 0.600. The number of carbonyl (C=O) groups is 1. The van der Waals surface area contributed by atoms with Crippen LogP contribution in [0.5, 0.6) is 5.75 Å². The van der Waals surface area contributed by atoms with Crippen LogP contribution < -0.4 is 15.4 Å². The third kappa shape index (κ3) is 6.55. The summed E-state index contributed by atoms with van der Waals surface area (Å²) in [6, 6.07) is 8.38. The molecule has 0 radical (unpaired) electrons. The van der Waals surface area contributed by atoms with Crippen LogP contribution in [0.2, 0.25) is 0 Å². The van der Waals surface area contributed by atoms with Gasteiger partial charge in [0.1, 0.15) is 12.3 Å². The Bertz CT molecular complexity index is 628. The molecule has 2 rings (SSSR count). The minimum atomic E-state index is -0.00872. The van der Waals surface area contributed by atoms with E-state index in [0.717, 1.165) is 31.7 Å². The van der Waals surface area contributed by atoms with Crippen LogP contribution in [-0.2, 0) is 10.2 Å². The van der Waals surface area contributed by atoms with Gasteiger partial charge in [-0.25, -0.2) is 4.99 Å². The van der Waals surface area contributed by atoms with Gasteiger partial charge < -0.3 is 20.3 Å². The fourth-order valence-electron chi connectivity index (χ4n) is 3.46. The molecule has 1 saturated carbocycles. The molecule has 0 spiro atoms. The minimum Gasteiger partial charge on any atom is -0.497 e. The van der Waals surface area contributed by atoms with E-state index in [4.69, 9.17) is 4.74 Å². The molecule has 0 aliphatic heterocycles. The average molecular weight is 488 g/mol. The molecule has 1 fully saturated rings. The monoisotopic (exact) mass is 488 g/mol. The number of aliphatic imine (C=N–C) groups is 1. The predicted molar refractivity (Wildman–Crippen MR) is 121 cm³/mol. The van der Waals surface area contributed by atoms with E-state index in [1.165, 1.54) is 18.4 Å². The van der Waals surface area contributed by atoms with Gasteiger partial charge in [-0.05, 0) is 37.5 Å². The third-order valence-corrected chi connectivity index (χ3v) is 5.05. The molecule has 7 heteroatoms. The van der Waals surface area contributed by atoms with Gasteiger partial charge in [-0.1, -0.05) is 25.0 Å². The maximum absolute atomic E-state index is 11.8. The van der Waals surface area contributed by atoms with Crippen molar-refractivity contribution in [1.29, 1.82) is 0 Å². The van der Waals surface area contributed by atoms with Gasteiger partial charge in [0.2, 0.25) is 5.91 Å². The molecule has 1 amide bonds. The number of benzene rings is 1. The van der Waals surface area contributed by atoms with Gasteiger partial charge >= 0.3 is 0 Å². The maximum atomic E-state index is 11.8. The third-order valence-electron chi connectivity index (χ3n) is 5.05. The van der Waals surface area contributed by atoms with E-state index in [2.05, 4.69) is 33.8 Å². The van der Waals surface area contributed by atoms with Gasteiger partial charge in [-0.2, -0.15) is 0 Å². The molecule has 1 aliphatic carbocycles. The van der Waals surface area contributed by atoms with Crippen molar-refractivity contribution in [1.82, 2.24) is 15.5 Å². The Hall–Kier alpha value is -1.51. The molecule has 0 atom stereocenters. The summed E-state index contributed by atoms with van der Waals surface area (Å²) in [5.74, 6) is 1.58. The fourth-order valence-corrected chi connectivity index (χ4v) is 3.46. The topological polar surface area (TPSA) is 66.0 Å². The predicted octanol–water partition coefficient (Wildman–Crippen LogP) is 2.77. The van der Waals surface area contributed by atoms with Crippen molar-refractivity contribution in [3.63, 3.8) is 0 Å². The Morgan fingerprint density at radius 2 is 1.96 bits per heavy atom. The lowest BCUT2D eigenvalue weighted by Crippen LogP contribution is -2.45. The quantitative estimate of drug-likeness (QED) is 0.352. The number of carbonyl (C=O) groups excluding carboxylic acids is 1. The summed E-state index contributed by atoms with van der Waals surface area (Å²) in [4.78, 5) is 17.8. The highest BCUT2D eigenvalue weighted by molar-refractivity contribution is 14.0.